The maximum atomic E-state index is 2.66. The highest BCUT2D eigenvalue weighted by atomic mass is 79.9. The van der Waals surface area contributed by atoms with Crippen molar-refractivity contribution in [1.29, 1.82) is 0 Å². The Kier molecular flexibility index (Phi) is 25.1. The van der Waals surface area contributed by atoms with Crippen LogP contribution < -0.4 is 0 Å². The second-order valence-corrected chi connectivity index (χ2v) is 2.58. The molecule has 0 aliphatic rings. The van der Waals surface area contributed by atoms with Crippen LogP contribution in [0.5, 0.6) is 0 Å². The molecule has 3 heteroatoms. The lowest BCUT2D eigenvalue weighted by atomic mass is 10.6. The first kappa shape index (κ1) is 15.7. The SMILES string of the molecule is Br.Br.CC(C)P. The standard InChI is InChI=1S/C3H9P.2BrH/c1-3(2)4;;/h3H,4H2,1-2H3;2*1H. The van der Waals surface area contributed by atoms with Gasteiger partial charge in [-0.15, -0.1) is 43.2 Å². The summed E-state index contributed by atoms with van der Waals surface area (Å²) in [7, 11) is 2.66. The molecule has 6 heavy (non-hydrogen) atoms. The van der Waals surface area contributed by atoms with Crippen molar-refractivity contribution in [2.75, 3.05) is 0 Å². The summed E-state index contributed by atoms with van der Waals surface area (Å²) in [6.07, 6.45) is 0. The zero-order valence-corrected chi connectivity index (χ0v) is 8.55. The fourth-order valence-corrected chi connectivity index (χ4v) is 0. The number of hydrogen-bond acceptors (Lipinski definition) is 0. The molecule has 0 saturated carbocycles. The molecule has 0 aromatic rings. The molecule has 0 aromatic carbocycles. The summed E-state index contributed by atoms with van der Waals surface area (Å²) in [4.78, 5) is 0. The Hall–Kier alpha value is 1.39. The molecular weight excluding hydrogens is 227 g/mol. The number of halogens is 2. The Morgan fingerprint density at radius 3 is 1.17 bits per heavy atom. The molecule has 1 atom stereocenters. The highest BCUT2D eigenvalue weighted by Crippen LogP contribution is 1.90. The van der Waals surface area contributed by atoms with Crippen LogP contribution in [-0.4, -0.2) is 5.66 Å². The summed E-state index contributed by atoms with van der Waals surface area (Å²) < 4.78 is 0. The molecule has 0 fully saturated rings. The molecule has 0 N–H and O–H groups in total. The first-order valence-corrected chi connectivity index (χ1v) is 2.15. The smallest absolute Gasteiger partial charge is 0.0321 e. The van der Waals surface area contributed by atoms with E-state index >= 15 is 0 Å². The van der Waals surface area contributed by atoms with Gasteiger partial charge in [-0.2, -0.15) is 0 Å². The van der Waals surface area contributed by atoms with Gasteiger partial charge in [0.1, 0.15) is 0 Å². The molecule has 0 amide bonds. The molecule has 0 aliphatic heterocycles. The monoisotopic (exact) mass is 236 g/mol. The molecule has 42 valence electrons. The van der Waals surface area contributed by atoms with Crippen molar-refractivity contribution < 1.29 is 0 Å². The fraction of sp³-hybridized carbons (Fsp3) is 1.00. The van der Waals surface area contributed by atoms with Gasteiger partial charge < -0.3 is 0 Å². The van der Waals surface area contributed by atoms with Crippen LogP contribution in [0.25, 0.3) is 0 Å². The van der Waals surface area contributed by atoms with E-state index in [4.69, 9.17) is 0 Å². The Balaban J connectivity index is -0.0000000450. The van der Waals surface area contributed by atoms with Gasteiger partial charge >= 0.3 is 0 Å². The van der Waals surface area contributed by atoms with Crippen LogP contribution >= 0.6 is 43.2 Å². The highest BCUT2D eigenvalue weighted by Gasteiger charge is 1.68. The molecule has 0 spiro atoms. The highest BCUT2D eigenvalue weighted by molar-refractivity contribution is 8.93. The Morgan fingerprint density at radius 2 is 1.17 bits per heavy atom. The minimum Gasteiger partial charge on any atom is -0.135 e. The summed E-state index contributed by atoms with van der Waals surface area (Å²) in [5, 5.41) is 0. The van der Waals surface area contributed by atoms with Crippen LogP contribution in [0.2, 0.25) is 0 Å². The summed E-state index contributed by atoms with van der Waals surface area (Å²) >= 11 is 0. The van der Waals surface area contributed by atoms with Gasteiger partial charge in [0.25, 0.3) is 0 Å². The predicted octanol–water partition coefficient (Wildman–Crippen LogP) is 2.43. The number of hydrogen-bond donors (Lipinski definition) is 0. The maximum Gasteiger partial charge on any atom is -0.0321 e. The molecule has 0 radical (unpaired) electrons. The van der Waals surface area contributed by atoms with E-state index < -0.39 is 0 Å². The van der Waals surface area contributed by atoms with E-state index in [1.807, 2.05) is 0 Å². The molecule has 0 aromatic heterocycles. The van der Waals surface area contributed by atoms with Gasteiger partial charge in [0.2, 0.25) is 0 Å². The normalized spacial score (nSPS) is 6.00. The molecular formula is C3H11Br2P. The molecule has 0 heterocycles. The second kappa shape index (κ2) is 9.63. The van der Waals surface area contributed by atoms with Crippen LogP contribution in [-0.2, 0) is 0 Å². The lowest BCUT2D eigenvalue weighted by Gasteiger charge is -1.79. The summed E-state index contributed by atoms with van der Waals surface area (Å²) in [5.74, 6) is 0. The van der Waals surface area contributed by atoms with E-state index in [1.54, 1.807) is 0 Å². The predicted molar refractivity (Wildman–Crippen MR) is 45.5 cm³/mol. The second-order valence-electron chi connectivity index (χ2n) is 1.24. The topological polar surface area (TPSA) is 0 Å². The minimum atomic E-state index is 0. The van der Waals surface area contributed by atoms with E-state index in [9.17, 15) is 0 Å². The van der Waals surface area contributed by atoms with Crippen LogP contribution in [0.1, 0.15) is 13.8 Å². The quantitative estimate of drug-likeness (QED) is 0.568. The minimum absolute atomic E-state index is 0. The van der Waals surface area contributed by atoms with Gasteiger partial charge in [0, 0.05) is 0 Å². The van der Waals surface area contributed by atoms with E-state index in [2.05, 4.69) is 23.1 Å². The Labute approximate surface area is 62.8 Å². The summed E-state index contributed by atoms with van der Waals surface area (Å²) in [6.45, 7) is 4.26. The van der Waals surface area contributed by atoms with Crippen LogP contribution in [0.15, 0.2) is 0 Å². The average molecular weight is 238 g/mol. The van der Waals surface area contributed by atoms with Gasteiger partial charge in [0.15, 0.2) is 0 Å². The fourth-order valence-electron chi connectivity index (χ4n) is 0. The molecule has 0 nitrogen and oxygen atoms in total. The van der Waals surface area contributed by atoms with Crippen LogP contribution in [0.4, 0.5) is 0 Å². The third-order valence-electron chi connectivity index (χ3n) is 0. The Bertz CT molecular complexity index is 13.5. The van der Waals surface area contributed by atoms with Crippen LogP contribution in [0.3, 0.4) is 0 Å². The Morgan fingerprint density at radius 1 is 1.17 bits per heavy atom. The summed E-state index contributed by atoms with van der Waals surface area (Å²) in [5.41, 5.74) is 0.750. The van der Waals surface area contributed by atoms with Gasteiger partial charge in [-0.1, -0.05) is 13.8 Å². The lowest BCUT2D eigenvalue weighted by Crippen LogP contribution is -1.69. The van der Waals surface area contributed by atoms with Crippen molar-refractivity contribution in [2.45, 2.75) is 19.5 Å². The van der Waals surface area contributed by atoms with Gasteiger partial charge in [0.05, 0.1) is 0 Å². The molecule has 1 unspecified atom stereocenters. The van der Waals surface area contributed by atoms with Crippen molar-refractivity contribution in [3.63, 3.8) is 0 Å². The van der Waals surface area contributed by atoms with Crippen LogP contribution in [0, 0.1) is 0 Å². The van der Waals surface area contributed by atoms with E-state index in [0.29, 0.717) is 0 Å². The van der Waals surface area contributed by atoms with Crippen molar-refractivity contribution in [3.8, 4) is 0 Å². The van der Waals surface area contributed by atoms with Gasteiger partial charge in [-0.05, 0) is 5.66 Å². The lowest BCUT2D eigenvalue weighted by molar-refractivity contribution is 1.12. The molecule has 0 rings (SSSR count). The van der Waals surface area contributed by atoms with Gasteiger partial charge in [-0.3, -0.25) is 0 Å². The van der Waals surface area contributed by atoms with E-state index in [0.717, 1.165) is 5.66 Å². The van der Waals surface area contributed by atoms with Crippen molar-refractivity contribution >= 4 is 43.2 Å². The third kappa shape index (κ3) is 53.8. The van der Waals surface area contributed by atoms with Crippen molar-refractivity contribution in [3.05, 3.63) is 0 Å². The number of rotatable bonds is 0. The largest absolute Gasteiger partial charge is 0.135 e. The first-order chi connectivity index (χ1) is 1.73. The summed E-state index contributed by atoms with van der Waals surface area (Å²) in [6, 6.07) is 0. The average Bonchev–Trinajstić information content (AvgIpc) is 0.811. The van der Waals surface area contributed by atoms with E-state index in [1.165, 1.54) is 0 Å². The van der Waals surface area contributed by atoms with E-state index in [-0.39, 0.29) is 34.0 Å². The first-order valence-electron chi connectivity index (χ1n) is 1.49. The molecule has 0 saturated heterocycles. The van der Waals surface area contributed by atoms with Crippen molar-refractivity contribution in [2.24, 2.45) is 0 Å². The van der Waals surface area contributed by atoms with Crippen molar-refractivity contribution in [1.82, 2.24) is 0 Å². The zero-order valence-electron chi connectivity index (χ0n) is 3.97. The third-order valence-corrected chi connectivity index (χ3v) is 0. The maximum absolute atomic E-state index is 2.66. The zero-order chi connectivity index (χ0) is 3.58. The molecule has 0 bridgehead atoms. The molecule has 0 aliphatic carbocycles. The van der Waals surface area contributed by atoms with Gasteiger partial charge in [-0.25, -0.2) is 0 Å².